The highest BCUT2D eigenvalue weighted by atomic mass is 32.2. The van der Waals surface area contributed by atoms with Crippen molar-refractivity contribution >= 4 is 15.9 Å². The van der Waals surface area contributed by atoms with Crippen LogP contribution in [0.2, 0.25) is 0 Å². The summed E-state index contributed by atoms with van der Waals surface area (Å²) in [5, 5.41) is 18.9. The highest BCUT2D eigenvalue weighted by Gasteiger charge is 2.18. The normalized spacial score (nSPS) is 11.5. The van der Waals surface area contributed by atoms with Crippen molar-refractivity contribution in [3.8, 4) is 16.9 Å². The fourth-order valence-corrected chi connectivity index (χ4v) is 3.36. The average molecular weight is 372 g/mol. The zero-order valence-corrected chi connectivity index (χ0v) is 14.3. The third-order valence-electron chi connectivity index (χ3n) is 3.80. The zero-order chi connectivity index (χ0) is 18.9. The Morgan fingerprint density at radius 1 is 1.12 bits per heavy atom. The van der Waals surface area contributed by atoms with Gasteiger partial charge < -0.3 is 10.8 Å². The molecule has 5 N–H and O–H groups in total. The van der Waals surface area contributed by atoms with Crippen molar-refractivity contribution in [3.63, 3.8) is 0 Å². The summed E-state index contributed by atoms with van der Waals surface area (Å²) in [5.74, 6) is -0.690. The summed E-state index contributed by atoms with van der Waals surface area (Å²) in [6.45, 7) is -0.524. The first-order valence-corrected chi connectivity index (χ1v) is 9.08. The number of aliphatic hydroxyl groups is 1. The van der Waals surface area contributed by atoms with Crippen LogP contribution in [0, 0.1) is 0 Å². The van der Waals surface area contributed by atoms with Crippen molar-refractivity contribution < 1.29 is 18.3 Å². The average Bonchev–Trinajstić information content (AvgIpc) is 3.07. The minimum atomic E-state index is -3.98. The number of hydrogen-bond acceptors (Lipinski definition) is 5. The van der Waals surface area contributed by atoms with Crippen molar-refractivity contribution in [1.29, 1.82) is 0 Å². The van der Waals surface area contributed by atoms with Gasteiger partial charge in [0.2, 0.25) is 10.0 Å². The van der Waals surface area contributed by atoms with Crippen LogP contribution in [-0.2, 0) is 16.6 Å². The Hall–Kier alpha value is -3.01. The Bertz CT molecular complexity index is 1080. The van der Waals surface area contributed by atoms with Crippen LogP contribution in [0.15, 0.2) is 59.5 Å². The van der Waals surface area contributed by atoms with Gasteiger partial charge in [-0.1, -0.05) is 30.3 Å². The summed E-state index contributed by atoms with van der Waals surface area (Å²) in [4.78, 5) is 11.4. The number of aromatic nitrogens is 2. The molecule has 0 saturated heterocycles. The summed E-state index contributed by atoms with van der Waals surface area (Å²) in [7, 11) is -3.98. The Morgan fingerprint density at radius 3 is 2.38 bits per heavy atom. The first kappa shape index (κ1) is 17.8. The molecular formula is C17H16N4O4S. The SMILES string of the molecule is NC(=O)c1cc(-c2ccccc2)n(-c2ccc(S(N)(=O)=O)c(CO)c2)n1. The van der Waals surface area contributed by atoms with E-state index in [1.165, 1.54) is 22.9 Å². The van der Waals surface area contributed by atoms with Gasteiger partial charge in [0.25, 0.3) is 5.91 Å². The molecule has 0 unspecified atom stereocenters. The number of carbonyl (C=O) groups is 1. The largest absolute Gasteiger partial charge is 0.392 e. The molecule has 3 aromatic rings. The van der Waals surface area contributed by atoms with E-state index in [1.807, 2.05) is 30.3 Å². The van der Waals surface area contributed by atoms with E-state index < -0.39 is 22.5 Å². The molecular weight excluding hydrogens is 356 g/mol. The Kier molecular flexibility index (Phi) is 4.60. The van der Waals surface area contributed by atoms with Gasteiger partial charge >= 0.3 is 0 Å². The monoisotopic (exact) mass is 372 g/mol. The van der Waals surface area contributed by atoms with Crippen LogP contribution in [0.3, 0.4) is 0 Å². The van der Waals surface area contributed by atoms with E-state index in [0.29, 0.717) is 11.4 Å². The molecule has 0 atom stereocenters. The summed E-state index contributed by atoms with van der Waals surface area (Å²) in [6, 6.07) is 15.0. The Balaban J connectivity index is 2.22. The van der Waals surface area contributed by atoms with E-state index in [9.17, 15) is 18.3 Å². The lowest BCUT2D eigenvalue weighted by Gasteiger charge is -2.11. The van der Waals surface area contributed by atoms with E-state index >= 15 is 0 Å². The van der Waals surface area contributed by atoms with Crippen LogP contribution in [0.1, 0.15) is 16.1 Å². The minimum Gasteiger partial charge on any atom is -0.392 e. The minimum absolute atomic E-state index is 0.0601. The molecule has 3 rings (SSSR count). The number of nitrogens with two attached hydrogens (primary N) is 2. The Morgan fingerprint density at radius 2 is 1.81 bits per heavy atom. The van der Waals surface area contributed by atoms with E-state index in [1.54, 1.807) is 6.07 Å². The predicted octanol–water partition coefficient (Wildman–Crippen LogP) is 0.778. The zero-order valence-electron chi connectivity index (χ0n) is 13.5. The summed E-state index contributed by atoms with van der Waals surface area (Å²) in [5.41, 5.74) is 7.35. The van der Waals surface area contributed by atoms with Gasteiger partial charge in [0, 0.05) is 5.56 Å². The molecule has 1 amide bonds. The fraction of sp³-hybridized carbons (Fsp3) is 0.0588. The van der Waals surface area contributed by atoms with E-state index in [0.717, 1.165) is 5.56 Å². The molecule has 8 nitrogen and oxygen atoms in total. The molecule has 0 bridgehead atoms. The first-order chi connectivity index (χ1) is 12.3. The standard InChI is InChI=1S/C17H16N4O4S/c18-17(23)14-9-15(11-4-2-1-3-5-11)21(20-14)13-6-7-16(26(19,24)25)12(8-13)10-22/h1-9,22H,10H2,(H2,18,23)(H2,19,24,25). The molecule has 0 aliphatic rings. The molecule has 0 saturated carbocycles. The molecule has 1 heterocycles. The van der Waals surface area contributed by atoms with Gasteiger partial charge in [-0.2, -0.15) is 5.10 Å². The summed E-state index contributed by atoms with van der Waals surface area (Å²) in [6.07, 6.45) is 0. The van der Waals surface area contributed by atoms with Crippen molar-refractivity contribution in [1.82, 2.24) is 9.78 Å². The van der Waals surface area contributed by atoms with Crippen LogP contribution in [0.5, 0.6) is 0 Å². The van der Waals surface area contributed by atoms with Crippen molar-refractivity contribution in [2.75, 3.05) is 0 Å². The molecule has 0 radical (unpaired) electrons. The highest BCUT2D eigenvalue weighted by molar-refractivity contribution is 7.89. The molecule has 134 valence electrons. The van der Waals surface area contributed by atoms with Gasteiger partial charge in [-0.15, -0.1) is 0 Å². The van der Waals surface area contributed by atoms with Crippen molar-refractivity contribution in [2.45, 2.75) is 11.5 Å². The number of benzene rings is 2. The van der Waals surface area contributed by atoms with Crippen LogP contribution in [0.4, 0.5) is 0 Å². The number of sulfonamides is 1. The molecule has 0 aliphatic heterocycles. The van der Waals surface area contributed by atoms with Crippen LogP contribution in [0.25, 0.3) is 16.9 Å². The number of primary amides is 1. The number of amides is 1. The number of aliphatic hydroxyl groups excluding tert-OH is 1. The van der Waals surface area contributed by atoms with E-state index in [4.69, 9.17) is 10.9 Å². The molecule has 26 heavy (non-hydrogen) atoms. The number of hydrogen-bond donors (Lipinski definition) is 3. The lowest BCUT2D eigenvalue weighted by molar-refractivity contribution is 0.0995. The first-order valence-electron chi connectivity index (χ1n) is 7.53. The number of primary sulfonamides is 1. The molecule has 0 aliphatic carbocycles. The molecule has 0 fully saturated rings. The third kappa shape index (κ3) is 3.36. The maximum Gasteiger partial charge on any atom is 0.269 e. The Labute approximate surface area is 149 Å². The van der Waals surface area contributed by atoms with Gasteiger partial charge in [-0.3, -0.25) is 4.79 Å². The maximum absolute atomic E-state index is 11.6. The van der Waals surface area contributed by atoms with Gasteiger partial charge in [0.1, 0.15) is 0 Å². The maximum atomic E-state index is 11.6. The second-order valence-electron chi connectivity index (χ2n) is 5.55. The quantitative estimate of drug-likeness (QED) is 0.607. The van der Waals surface area contributed by atoms with Crippen LogP contribution >= 0.6 is 0 Å². The number of carbonyl (C=O) groups excluding carboxylic acids is 1. The lowest BCUT2D eigenvalue weighted by Crippen LogP contribution is -2.15. The van der Waals surface area contributed by atoms with Crippen LogP contribution < -0.4 is 10.9 Å². The number of rotatable bonds is 5. The third-order valence-corrected chi connectivity index (χ3v) is 4.81. The second kappa shape index (κ2) is 6.71. The van der Waals surface area contributed by atoms with E-state index in [-0.39, 0.29) is 16.2 Å². The molecule has 2 aromatic carbocycles. The van der Waals surface area contributed by atoms with Crippen molar-refractivity contribution in [3.05, 3.63) is 65.9 Å². The summed E-state index contributed by atoms with van der Waals surface area (Å²) < 4.78 is 24.7. The van der Waals surface area contributed by atoms with Gasteiger partial charge in [0.15, 0.2) is 5.69 Å². The molecule has 1 aromatic heterocycles. The lowest BCUT2D eigenvalue weighted by atomic mass is 10.1. The van der Waals surface area contributed by atoms with Gasteiger partial charge in [-0.05, 0) is 29.8 Å². The van der Waals surface area contributed by atoms with Crippen LogP contribution in [-0.4, -0.2) is 29.2 Å². The van der Waals surface area contributed by atoms with E-state index in [2.05, 4.69) is 5.10 Å². The fourth-order valence-electron chi connectivity index (χ4n) is 2.61. The number of nitrogens with zero attached hydrogens (tertiary/aromatic N) is 2. The summed E-state index contributed by atoms with van der Waals surface area (Å²) >= 11 is 0. The highest BCUT2D eigenvalue weighted by Crippen LogP contribution is 2.26. The van der Waals surface area contributed by atoms with Gasteiger partial charge in [-0.25, -0.2) is 18.2 Å². The van der Waals surface area contributed by atoms with Crippen molar-refractivity contribution in [2.24, 2.45) is 10.9 Å². The molecule has 0 spiro atoms. The smallest absolute Gasteiger partial charge is 0.269 e. The molecule has 9 heteroatoms. The van der Waals surface area contributed by atoms with Gasteiger partial charge in [0.05, 0.1) is 22.9 Å². The topological polar surface area (TPSA) is 141 Å². The second-order valence-corrected chi connectivity index (χ2v) is 7.08. The predicted molar refractivity (Wildman–Crippen MR) is 94.8 cm³/mol.